The zero-order valence-electron chi connectivity index (χ0n) is 10.1. The molecule has 1 fully saturated rings. The summed E-state index contributed by atoms with van der Waals surface area (Å²) in [5, 5.41) is 7.01. The van der Waals surface area contributed by atoms with Crippen LogP contribution in [0.3, 0.4) is 0 Å². The summed E-state index contributed by atoms with van der Waals surface area (Å²) >= 11 is 0. The van der Waals surface area contributed by atoms with E-state index < -0.39 is 0 Å². The van der Waals surface area contributed by atoms with Gasteiger partial charge in [0, 0.05) is 18.3 Å². The second kappa shape index (κ2) is 5.90. The van der Waals surface area contributed by atoms with Gasteiger partial charge in [-0.1, -0.05) is 18.2 Å². The predicted molar refractivity (Wildman–Crippen MR) is 69.7 cm³/mol. The molecular formula is C14H22N2. The molecule has 0 aliphatic heterocycles. The van der Waals surface area contributed by atoms with Crippen LogP contribution in [0.25, 0.3) is 0 Å². The van der Waals surface area contributed by atoms with Crippen LogP contribution in [0, 0.1) is 5.92 Å². The molecule has 1 saturated carbocycles. The van der Waals surface area contributed by atoms with E-state index in [-0.39, 0.29) is 0 Å². The summed E-state index contributed by atoms with van der Waals surface area (Å²) in [7, 11) is 0. The molecule has 1 aliphatic rings. The third-order valence-corrected chi connectivity index (χ3v) is 3.25. The summed E-state index contributed by atoms with van der Waals surface area (Å²) in [6.45, 7) is 4.48. The van der Waals surface area contributed by atoms with E-state index in [0.29, 0.717) is 0 Å². The van der Waals surface area contributed by atoms with Gasteiger partial charge in [-0.3, -0.25) is 0 Å². The Hall–Kier alpha value is -1.02. The maximum absolute atomic E-state index is 3.59. The molecular weight excluding hydrogens is 196 g/mol. The van der Waals surface area contributed by atoms with E-state index in [0.717, 1.165) is 25.0 Å². The van der Waals surface area contributed by atoms with E-state index in [9.17, 15) is 0 Å². The first kappa shape index (κ1) is 11.5. The minimum Gasteiger partial charge on any atom is -0.385 e. The number of benzene rings is 1. The van der Waals surface area contributed by atoms with Gasteiger partial charge >= 0.3 is 0 Å². The Labute approximate surface area is 98.4 Å². The van der Waals surface area contributed by atoms with E-state index in [1.807, 2.05) is 6.07 Å². The molecule has 0 amide bonds. The van der Waals surface area contributed by atoms with Gasteiger partial charge in [0.1, 0.15) is 0 Å². The van der Waals surface area contributed by atoms with Crippen LogP contribution >= 0.6 is 0 Å². The van der Waals surface area contributed by atoms with Crippen LogP contribution in [0.4, 0.5) is 5.69 Å². The first-order valence-electron chi connectivity index (χ1n) is 6.38. The SMILES string of the molecule is CC(NCCCNc1ccccc1)C1CC1. The largest absolute Gasteiger partial charge is 0.385 e. The number of para-hydroxylation sites is 1. The van der Waals surface area contributed by atoms with Crippen LogP contribution in [0.1, 0.15) is 26.2 Å². The molecule has 88 valence electrons. The highest BCUT2D eigenvalue weighted by Crippen LogP contribution is 2.32. The molecule has 2 N–H and O–H groups in total. The Morgan fingerprint density at radius 3 is 2.62 bits per heavy atom. The third-order valence-electron chi connectivity index (χ3n) is 3.25. The van der Waals surface area contributed by atoms with Crippen LogP contribution in [0.2, 0.25) is 0 Å². The van der Waals surface area contributed by atoms with Gasteiger partial charge in [0.15, 0.2) is 0 Å². The number of anilines is 1. The number of hydrogen-bond donors (Lipinski definition) is 2. The van der Waals surface area contributed by atoms with E-state index >= 15 is 0 Å². The summed E-state index contributed by atoms with van der Waals surface area (Å²) in [4.78, 5) is 0. The Morgan fingerprint density at radius 2 is 1.94 bits per heavy atom. The first-order valence-corrected chi connectivity index (χ1v) is 6.38. The number of hydrogen-bond acceptors (Lipinski definition) is 2. The molecule has 2 rings (SSSR count). The molecule has 0 spiro atoms. The minimum absolute atomic E-state index is 0.719. The number of rotatable bonds is 7. The molecule has 16 heavy (non-hydrogen) atoms. The van der Waals surface area contributed by atoms with Crippen LogP contribution in [-0.4, -0.2) is 19.1 Å². The van der Waals surface area contributed by atoms with Crippen molar-refractivity contribution in [3.05, 3.63) is 30.3 Å². The van der Waals surface area contributed by atoms with Crippen LogP contribution in [0.15, 0.2) is 30.3 Å². The molecule has 1 aromatic carbocycles. The van der Waals surface area contributed by atoms with Gasteiger partial charge in [0.05, 0.1) is 0 Å². The fraction of sp³-hybridized carbons (Fsp3) is 0.571. The Bertz CT molecular complexity index is 293. The standard InChI is InChI=1S/C14H22N2/c1-12(13-8-9-13)15-10-5-11-16-14-6-3-2-4-7-14/h2-4,6-7,12-13,15-16H,5,8-11H2,1H3. The molecule has 0 radical (unpaired) electrons. The molecule has 2 heteroatoms. The van der Waals surface area contributed by atoms with Crippen molar-refractivity contribution in [1.82, 2.24) is 5.32 Å². The monoisotopic (exact) mass is 218 g/mol. The van der Waals surface area contributed by atoms with Gasteiger partial charge in [-0.2, -0.15) is 0 Å². The summed E-state index contributed by atoms with van der Waals surface area (Å²) < 4.78 is 0. The fourth-order valence-corrected chi connectivity index (χ4v) is 1.97. The lowest BCUT2D eigenvalue weighted by atomic mass is 10.2. The lowest BCUT2D eigenvalue weighted by molar-refractivity contribution is 0.494. The second-order valence-corrected chi connectivity index (χ2v) is 4.73. The quantitative estimate of drug-likeness (QED) is 0.688. The highest BCUT2D eigenvalue weighted by molar-refractivity contribution is 5.42. The Balaban J connectivity index is 1.52. The molecule has 1 aliphatic carbocycles. The van der Waals surface area contributed by atoms with Crippen LogP contribution in [-0.2, 0) is 0 Å². The summed E-state index contributed by atoms with van der Waals surface area (Å²) in [6.07, 6.45) is 4.04. The topological polar surface area (TPSA) is 24.1 Å². The molecule has 1 unspecified atom stereocenters. The third kappa shape index (κ3) is 3.86. The minimum atomic E-state index is 0.719. The smallest absolute Gasteiger partial charge is 0.0340 e. The van der Waals surface area contributed by atoms with Crippen molar-refractivity contribution in [1.29, 1.82) is 0 Å². The maximum Gasteiger partial charge on any atom is 0.0340 e. The van der Waals surface area contributed by atoms with Crippen LogP contribution in [0.5, 0.6) is 0 Å². The molecule has 2 nitrogen and oxygen atoms in total. The van der Waals surface area contributed by atoms with Crippen molar-refractivity contribution < 1.29 is 0 Å². The lowest BCUT2D eigenvalue weighted by Gasteiger charge is -2.12. The average Bonchev–Trinajstić information content (AvgIpc) is 3.13. The summed E-state index contributed by atoms with van der Waals surface area (Å²) in [5.74, 6) is 0.960. The highest BCUT2D eigenvalue weighted by atomic mass is 14.9. The van der Waals surface area contributed by atoms with Crippen molar-refractivity contribution in [2.45, 2.75) is 32.2 Å². The van der Waals surface area contributed by atoms with Crippen molar-refractivity contribution in [3.63, 3.8) is 0 Å². The predicted octanol–water partition coefficient (Wildman–Crippen LogP) is 2.88. The molecule has 0 bridgehead atoms. The van der Waals surface area contributed by atoms with Gasteiger partial charge in [-0.25, -0.2) is 0 Å². The molecule has 1 aromatic rings. The maximum atomic E-state index is 3.59. The van der Waals surface area contributed by atoms with E-state index in [2.05, 4.69) is 41.8 Å². The molecule has 0 aromatic heterocycles. The van der Waals surface area contributed by atoms with Crippen molar-refractivity contribution in [2.24, 2.45) is 5.92 Å². The zero-order chi connectivity index (χ0) is 11.2. The Morgan fingerprint density at radius 1 is 1.19 bits per heavy atom. The average molecular weight is 218 g/mol. The highest BCUT2D eigenvalue weighted by Gasteiger charge is 2.26. The molecule has 0 heterocycles. The number of nitrogens with one attached hydrogen (secondary N) is 2. The molecule has 0 saturated heterocycles. The summed E-state index contributed by atoms with van der Waals surface area (Å²) in [5.41, 5.74) is 1.22. The van der Waals surface area contributed by atoms with Gasteiger partial charge < -0.3 is 10.6 Å². The summed E-state index contributed by atoms with van der Waals surface area (Å²) in [6, 6.07) is 11.1. The van der Waals surface area contributed by atoms with Gasteiger partial charge in [-0.05, 0) is 50.8 Å². The van der Waals surface area contributed by atoms with Gasteiger partial charge in [0.25, 0.3) is 0 Å². The normalized spacial score (nSPS) is 17.1. The molecule has 1 atom stereocenters. The van der Waals surface area contributed by atoms with Crippen molar-refractivity contribution in [3.8, 4) is 0 Å². The van der Waals surface area contributed by atoms with Gasteiger partial charge in [0.2, 0.25) is 0 Å². The van der Waals surface area contributed by atoms with E-state index in [4.69, 9.17) is 0 Å². The van der Waals surface area contributed by atoms with E-state index in [1.165, 1.54) is 24.9 Å². The van der Waals surface area contributed by atoms with Gasteiger partial charge in [-0.15, -0.1) is 0 Å². The lowest BCUT2D eigenvalue weighted by Crippen LogP contribution is -2.29. The second-order valence-electron chi connectivity index (χ2n) is 4.73. The fourth-order valence-electron chi connectivity index (χ4n) is 1.97. The van der Waals surface area contributed by atoms with Crippen molar-refractivity contribution in [2.75, 3.05) is 18.4 Å². The van der Waals surface area contributed by atoms with E-state index in [1.54, 1.807) is 0 Å². The first-order chi connectivity index (χ1) is 7.86. The van der Waals surface area contributed by atoms with Crippen molar-refractivity contribution >= 4 is 5.69 Å². The van der Waals surface area contributed by atoms with Crippen LogP contribution < -0.4 is 10.6 Å². The Kier molecular flexibility index (Phi) is 4.23. The zero-order valence-corrected chi connectivity index (χ0v) is 10.1.